The number of amides is 1. The van der Waals surface area contributed by atoms with Crippen molar-refractivity contribution in [2.75, 3.05) is 30.9 Å². The zero-order chi connectivity index (χ0) is 23.6. The lowest BCUT2D eigenvalue weighted by atomic mass is 10.0. The van der Waals surface area contributed by atoms with Crippen molar-refractivity contribution in [1.29, 1.82) is 0 Å². The van der Waals surface area contributed by atoms with Crippen LogP contribution in [0.15, 0.2) is 41.3 Å². The number of anilines is 2. The second-order valence-corrected chi connectivity index (χ2v) is 9.77. The van der Waals surface area contributed by atoms with E-state index < -0.39 is 33.6 Å². The zero-order valence-electron chi connectivity index (χ0n) is 18.1. The van der Waals surface area contributed by atoms with E-state index in [1.807, 2.05) is 0 Å². The molecule has 0 saturated carbocycles. The van der Waals surface area contributed by atoms with E-state index >= 15 is 0 Å². The van der Waals surface area contributed by atoms with Gasteiger partial charge in [-0.1, -0.05) is 18.6 Å². The van der Waals surface area contributed by atoms with E-state index in [1.165, 1.54) is 50.2 Å². The number of nitrogens with one attached hydrogen (secondary N) is 1. The van der Waals surface area contributed by atoms with Gasteiger partial charge < -0.3 is 10.2 Å². The highest BCUT2D eigenvalue weighted by atomic mass is 32.2. The van der Waals surface area contributed by atoms with Crippen LogP contribution in [0.3, 0.4) is 0 Å². The van der Waals surface area contributed by atoms with Gasteiger partial charge in [0.25, 0.3) is 0 Å². The van der Waals surface area contributed by atoms with Crippen LogP contribution in [0.1, 0.15) is 36.5 Å². The van der Waals surface area contributed by atoms with Gasteiger partial charge in [0.1, 0.15) is 11.7 Å². The average Bonchev–Trinajstić information content (AvgIpc) is 2.73. The van der Waals surface area contributed by atoms with Gasteiger partial charge in [-0.3, -0.25) is 9.59 Å². The molecule has 10 heteroatoms. The van der Waals surface area contributed by atoms with E-state index in [9.17, 15) is 26.8 Å². The number of piperidine rings is 1. The van der Waals surface area contributed by atoms with Gasteiger partial charge >= 0.3 is 0 Å². The van der Waals surface area contributed by atoms with E-state index in [2.05, 4.69) is 5.32 Å². The first kappa shape index (κ1) is 23.8. The minimum Gasteiger partial charge on any atom is -0.373 e. The fourth-order valence-electron chi connectivity index (χ4n) is 3.74. The summed E-state index contributed by atoms with van der Waals surface area (Å²) in [6.45, 7) is 1.52. The minimum atomic E-state index is -4.02. The molecule has 0 bridgehead atoms. The summed E-state index contributed by atoms with van der Waals surface area (Å²) in [7, 11) is -1.03. The molecular formula is C22H25F2N3O4S. The minimum absolute atomic E-state index is 0.0328. The molecule has 1 fully saturated rings. The number of halogens is 2. The number of sulfonamides is 1. The standard InChI is InChI=1S/C22H25F2N3O4S/c1-14(28)15-7-9-17(10-8-15)32(30,31)27-11-5-4-6-20(27)22(29)25-16-12-18(23)21(26(2)3)19(24)13-16/h7-10,12-13,20H,4-6,11H2,1-3H3,(H,25,29). The molecule has 7 nitrogen and oxygen atoms in total. The molecule has 1 aliphatic heterocycles. The van der Waals surface area contributed by atoms with E-state index in [0.717, 1.165) is 16.4 Å². The van der Waals surface area contributed by atoms with Crippen molar-refractivity contribution < 1.29 is 26.8 Å². The number of ketones is 1. The van der Waals surface area contributed by atoms with Crippen LogP contribution in [0.25, 0.3) is 0 Å². The molecular weight excluding hydrogens is 440 g/mol. The first-order valence-corrected chi connectivity index (χ1v) is 11.6. The Morgan fingerprint density at radius 2 is 1.66 bits per heavy atom. The maximum absolute atomic E-state index is 14.3. The maximum Gasteiger partial charge on any atom is 0.243 e. The molecule has 0 aliphatic carbocycles. The fraction of sp³-hybridized carbons (Fsp3) is 0.364. The van der Waals surface area contributed by atoms with Crippen molar-refractivity contribution >= 4 is 33.1 Å². The van der Waals surface area contributed by atoms with E-state index in [4.69, 9.17) is 0 Å². The highest BCUT2D eigenvalue weighted by Gasteiger charge is 2.37. The molecule has 1 atom stereocenters. The van der Waals surface area contributed by atoms with Crippen molar-refractivity contribution in [3.8, 4) is 0 Å². The Morgan fingerprint density at radius 1 is 1.06 bits per heavy atom. The van der Waals surface area contributed by atoms with Crippen LogP contribution < -0.4 is 10.2 Å². The second-order valence-electron chi connectivity index (χ2n) is 7.88. The Morgan fingerprint density at radius 3 is 2.19 bits per heavy atom. The summed E-state index contributed by atoms with van der Waals surface area (Å²) in [4.78, 5) is 25.6. The van der Waals surface area contributed by atoms with Gasteiger partial charge in [-0.2, -0.15) is 4.31 Å². The third kappa shape index (κ3) is 4.81. The Labute approximate surface area is 186 Å². The topological polar surface area (TPSA) is 86.8 Å². The highest BCUT2D eigenvalue weighted by Crippen LogP contribution is 2.29. The number of carbonyl (C=O) groups excluding carboxylic acids is 2. The Kier molecular flexibility index (Phi) is 6.94. The molecule has 1 heterocycles. The van der Waals surface area contributed by atoms with Crippen molar-refractivity contribution in [3.63, 3.8) is 0 Å². The Hall–Kier alpha value is -2.85. The predicted octanol–water partition coefficient (Wildman–Crippen LogP) is 3.42. The third-order valence-corrected chi connectivity index (χ3v) is 7.28. The summed E-state index contributed by atoms with van der Waals surface area (Å²) < 4.78 is 56.0. The predicted molar refractivity (Wildman–Crippen MR) is 117 cm³/mol. The van der Waals surface area contributed by atoms with Gasteiger partial charge in [0.05, 0.1) is 4.90 Å². The van der Waals surface area contributed by atoms with Crippen LogP contribution >= 0.6 is 0 Å². The SMILES string of the molecule is CC(=O)c1ccc(S(=O)(=O)N2CCCCC2C(=O)Nc2cc(F)c(N(C)C)c(F)c2)cc1. The van der Waals surface area contributed by atoms with E-state index in [-0.39, 0.29) is 35.0 Å². The van der Waals surface area contributed by atoms with Crippen LogP contribution in [-0.2, 0) is 14.8 Å². The van der Waals surface area contributed by atoms with Gasteiger partial charge in [-0.05, 0) is 44.0 Å². The fourth-order valence-corrected chi connectivity index (χ4v) is 5.40. The summed E-state index contributed by atoms with van der Waals surface area (Å²) in [5.41, 5.74) is 0.0466. The molecule has 1 N–H and O–H groups in total. The molecule has 0 radical (unpaired) electrons. The normalized spacial score (nSPS) is 17.1. The second kappa shape index (κ2) is 9.33. The molecule has 3 rings (SSSR count). The number of carbonyl (C=O) groups is 2. The van der Waals surface area contributed by atoms with Crippen LogP contribution in [0.4, 0.5) is 20.2 Å². The lowest BCUT2D eigenvalue weighted by Crippen LogP contribution is -2.49. The van der Waals surface area contributed by atoms with Gasteiger partial charge in [0.2, 0.25) is 15.9 Å². The van der Waals surface area contributed by atoms with Crippen molar-refractivity contribution in [1.82, 2.24) is 4.31 Å². The number of nitrogens with zero attached hydrogens (tertiary/aromatic N) is 2. The smallest absolute Gasteiger partial charge is 0.243 e. The third-order valence-electron chi connectivity index (χ3n) is 5.36. The monoisotopic (exact) mass is 465 g/mol. The molecule has 172 valence electrons. The average molecular weight is 466 g/mol. The molecule has 1 amide bonds. The van der Waals surface area contributed by atoms with Gasteiger partial charge in [-0.25, -0.2) is 17.2 Å². The number of hydrogen-bond acceptors (Lipinski definition) is 5. The molecule has 2 aromatic carbocycles. The summed E-state index contributed by atoms with van der Waals surface area (Å²) in [6, 6.07) is 6.48. The van der Waals surface area contributed by atoms with Crippen molar-refractivity contribution in [3.05, 3.63) is 53.6 Å². The van der Waals surface area contributed by atoms with Crippen molar-refractivity contribution in [2.24, 2.45) is 0 Å². The van der Waals surface area contributed by atoms with Crippen molar-refractivity contribution in [2.45, 2.75) is 37.1 Å². The highest BCUT2D eigenvalue weighted by molar-refractivity contribution is 7.89. The summed E-state index contributed by atoms with van der Waals surface area (Å²) in [5, 5.41) is 2.45. The molecule has 0 aromatic heterocycles. The quantitative estimate of drug-likeness (QED) is 0.661. The molecule has 2 aromatic rings. The number of benzene rings is 2. The largest absolute Gasteiger partial charge is 0.373 e. The summed E-state index contributed by atoms with van der Waals surface area (Å²) in [6.07, 6.45) is 1.49. The van der Waals surface area contributed by atoms with E-state index in [0.29, 0.717) is 18.4 Å². The summed E-state index contributed by atoms with van der Waals surface area (Å²) >= 11 is 0. The Bertz CT molecular complexity index is 1110. The number of rotatable bonds is 6. The summed E-state index contributed by atoms with van der Waals surface area (Å²) in [5.74, 6) is -2.54. The molecule has 1 saturated heterocycles. The molecule has 1 unspecified atom stereocenters. The van der Waals surface area contributed by atoms with E-state index in [1.54, 1.807) is 0 Å². The van der Waals surface area contributed by atoms with Crippen LogP contribution in [-0.4, -0.2) is 51.1 Å². The lowest BCUT2D eigenvalue weighted by Gasteiger charge is -2.33. The first-order valence-electron chi connectivity index (χ1n) is 10.1. The lowest BCUT2D eigenvalue weighted by molar-refractivity contribution is -0.120. The molecule has 32 heavy (non-hydrogen) atoms. The van der Waals surface area contributed by atoms with Gasteiger partial charge in [0, 0.05) is 31.9 Å². The molecule has 1 aliphatic rings. The zero-order valence-corrected chi connectivity index (χ0v) is 18.9. The van der Waals surface area contributed by atoms with Gasteiger partial charge in [0.15, 0.2) is 17.4 Å². The van der Waals surface area contributed by atoms with Crippen LogP contribution in [0.2, 0.25) is 0 Å². The first-order chi connectivity index (χ1) is 15.0. The number of Topliss-reactive ketones (excluding diaryl/α,β-unsaturated/α-hetero) is 1. The molecule has 0 spiro atoms. The van der Waals surface area contributed by atoms with Gasteiger partial charge in [-0.15, -0.1) is 0 Å². The maximum atomic E-state index is 14.3. The number of hydrogen-bond donors (Lipinski definition) is 1. The van der Waals surface area contributed by atoms with Crippen LogP contribution in [0.5, 0.6) is 0 Å². The Balaban J connectivity index is 1.86. The van der Waals surface area contributed by atoms with Crippen LogP contribution in [0, 0.1) is 11.6 Å².